The van der Waals surface area contributed by atoms with E-state index in [4.69, 9.17) is 24.7 Å². The molecule has 0 radical (unpaired) electrons. The third-order valence-corrected chi connectivity index (χ3v) is 4.50. The third-order valence-electron chi connectivity index (χ3n) is 4.50. The van der Waals surface area contributed by atoms with Crippen LogP contribution in [0.15, 0.2) is 0 Å². The molecule has 0 aliphatic carbocycles. The van der Waals surface area contributed by atoms with Gasteiger partial charge in [-0.25, -0.2) is 0 Å². The van der Waals surface area contributed by atoms with Crippen LogP contribution in [0.3, 0.4) is 0 Å². The van der Waals surface area contributed by atoms with Gasteiger partial charge in [0.25, 0.3) is 0 Å². The number of hydrogen-bond donors (Lipinski definition) is 6. The van der Waals surface area contributed by atoms with Crippen LogP contribution in [0.4, 0.5) is 0 Å². The number of carbonyl (C=O) groups is 1. The predicted molar refractivity (Wildman–Crippen MR) is 96.9 cm³/mol. The van der Waals surface area contributed by atoms with Gasteiger partial charge in [0.05, 0.1) is 25.4 Å². The van der Waals surface area contributed by atoms with Gasteiger partial charge in [-0.3, -0.25) is 4.79 Å². The van der Waals surface area contributed by atoms with Crippen LogP contribution in [0.2, 0.25) is 0 Å². The molecule has 7 N–H and O–H groups in total. The van der Waals surface area contributed by atoms with Gasteiger partial charge in [0.1, 0.15) is 36.7 Å². The van der Waals surface area contributed by atoms with Gasteiger partial charge in [0.15, 0.2) is 6.29 Å². The molecule has 166 valence electrons. The highest BCUT2D eigenvalue weighted by atomic mass is 16.7. The summed E-state index contributed by atoms with van der Waals surface area (Å²) >= 11 is 0. The fraction of sp³-hybridized carbons (Fsp3) is 0.941. The molecule has 1 aliphatic heterocycles. The number of aliphatic hydroxyl groups excluding tert-OH is 4. The largest absolute Gasteiger partial charge is 0.394 e. The first-order valence-electron chi connectivity index (χ1n) is 9.34. The van der Waals surface area contributed by atoms with Gasteiger partial charge in [-0.15, -0.1) is 0 Å². The third kappa shape index (κ3) is 6.87. The molecule has 1 fully saturated rings. The SMILES string of the molecule is CCO[C@@H]1C(CO)O[C@@H](O[C@@H](C)[C@H](CO)O[C@@H](C)C(N)O)C(NC(C)=O)[C@H]1O. The molecule has 1 saturated heterocycles. The number of nitrogens with one attached hydrogen (secondary N) is 1. The molecule has 0 aromatic heterocycles. The second-order valence-electron chi connectivity index (χ2n) is 6.76. The number of nitrogens with two attached hydrogens (primary N) is 1. The Hall–Kier alpha value is -0.890. The van der Waals surface area contributed by atoms with Crippen molar-refractivity contribution in [3.63, 3.8) is 0 Å². The molecule has 28 heavy (non-hydrogen) atoms. The van der Waals surface area contributed by atoms with E-state index in [2.05, 4.69) is 5.32 Å². The van der Waals surface area contributed by atoms with Crippen molar-refractivity contribution in [3.05, 3.63) is 0 Å². The smallest absolute Gasteiger partial charge is 0.217 e. The normalized spacial score (nSPS) is 32.4. The van der Waals surface area contributed by atoms with Gasteiger partial charge in [0.2, 0.25) is 5.91 Å². The first-order chi connectivity index (χ1) is 13.2. The maximum absolute atomic E-state index is 11.6. The van der Waals surface area contributed by atoms with Crippen LogP contribution >= 0.6 is 0 Å². The minimum Gasteiger partial charge on any atom is -0.394 e. The van der Waals surface area contributed by atoms with E-state index in [1.54, 1.807) is 13.8 Å². The first-order valence-corrected chi connectivity index (χ1v) is 9.34. The number of carbonyl (C=O) groups excluding carboxylic acids is 1. The Balaban J connectivity index is 2.94. The highest BCUT2D eigenvalue weighted by Crippen LogP contribution is 2.26. The Bertz CT molecular complexity index is 468. The lowest BCUT2D eigenvalue weighted by molar-refractivity contribution is -0.297. The Morgan fingerprint density at radius 2 is 1.93 bits per heavy atom. The summed E-state index contributed by atoms with van der Waals surface area (Å²) in [5.41, 5.74) is 5.36. The molecule has 11 nitrogen and oxygen atoms in total. The van der Waals surface area contributed by atoms with Crippen LogP contribution in [-0.2, 0) is 23.7 Å². The van der Waals surface area contributed by atoms with Crippen molar-refractivity contribution < 1.29 is 44.2 Å². The van der Waals surface area contributed by atoms with Crippen molar-refractivity contribution in [2.75, 3.05) is 19.8 Å². The second kappa shape index (κ2) is 12.0. The van der Waals surface area contributed by atoms with Gasteiger partial charge in [0, 0.05) is 13.5 Å². The van der Waals surface area contributed by atoms with Crippen LogP contribution in [0, 0.1) is 0 Å². The summed E-state index contributed by atoms with van der Waals surface area (Å²) in [6, 6.07) is -0.976. The van der Waals surface area contributed by atoms with E-state index in [9.17, 15) is 25.2 Å². The summed E-state index contributed by atoms with van der Waals surface area (Å²) in [4.78, 5) is 11.6. The highest BCUT2D eigenvalue weighted by Gasteiger charge is 2.47. The molecule has 1 aliphatic rings. The average Bonchev–Trinajstić information content (AvgIpc) is 2.63. The number of hydrogen-bond acceptors (Lipinski definition) is 10. The van der Waals surface area contributed by atoms with Crippen molar-refractivity contribution >= 4 is 5.91 Å². The van der Waals surface area contributed by atoms with Crippen molar-refractivity contribution in [3.8, 4) is 0 Å². The molecule has 0 aromatic carbocycles. The monoisotopic (exact) mass is 410 g/mol. The summed E-state index contributed by atoms with van der Waals surface area (Å²) in [6.45, 7) is 5.56. The predicted octanol–water partition coefficient (Wildman–Crippen LogP) is -2.58. The molecule has 1 amide bonds. The maximum atomic E-state index is 11.6. The molecule has 9 atom stereocenters. The average molecular weight is 410 g/mol. The van der Waals surface area contributed by atoms with E-state index >= 15 is 0 Å². The van der Waals surface area contributed by atoms with Crippen molar-refractivity contribution in [1.29, 1.82) is 0 Å². The van der Waals surface area contributed by atoms with Gasteiger partial charge < -0.3 is 50.4 Å². The molecular weight excluding hydrogens is 376 g/mol. The first kappa shape index (κ1) is 25.1. The quantitative estimate of drug-likeness (QED) is 0.199. The van der Waals surface area contributed by atoms with Crippen LogP contribution in [-0.4, -0.2) is 101 Å². The Morgan fingerprint density at radius 3 is 2.39 bits per heavy atom. The summed E-state index contributed by atoms with van der Waals surface area (Å²) in [6.07, 6.45) is -7.71. The zero-order valence-corrected chi connectivity index (χ0v) is 16.7. The van der Waals surface area contributed by atoms with E-state index in [-0.39, 0.29) is 6.61 Å². The maximum Gasteiger partial charge on any atom is 0.217 e. The van der Waals surface area contributed by atoms with Crippen LogP contribution < -0.4 is 11.1 Å². The van der Waals surface area contributed by atoms with Gasteiger partial charge in [-0.2, -0.15) is 0 Å². The highest BCUT2D eigenvalue weighted by molar-refractivity contribution is 5.73. The summed E-state index contributed by atoms with van der Waals surface area (Å²) < 4.78 is 22.5. The summed E-state index contributed by atoms with van der Waals surface area (Å²) in [5.74, 6) is -0.415. The van der Waals surface area contributed by atoms with Gasteiger partial charge >= 0.3 is 0 Å². The molecular formula is C17H34N2O9. The fourth-order valence-electron chi connectivity index (χ4n) is 2.93. The number of rotatable bonds is 11. The zero-order valence-electron chi connectivity index (χ0n) is 16.7. The van der Waals surface area contributed by atoms with Crippen molar-refractivity contribution in [2.24, 2.45) is 5.73 Å². The molecule has 11 heteroatoms. The lowest BCUT2D eigenvalue weighted by Crippen LogP contribution is -2.66. The molecule has 1 rings (SSSR count). The minimum atomic E-state index is -1.24. The molecule has 0 aromatic rings. The van der Waals surface area contributed by atoms with E-state index in [0.717, 1.165) is 0 Å². The van der Waals surface area contributed by atoms with Gasteiger partial charge in [-0.1, -0.05) is 0 Å². The Kier molecular flexibility index (Phi) is 10.7. The van der Waals surface area contributed by atoms with Crippen LogP contribution in [0.1, 0.15) is 27.7 Å². The van der Waals surface area contributed by atoms with Crippen LogP contribution in [0.5, 0.6) is 0 Å². The summed E-state index contributed by atoms with van der Waals surface area (Å²) in [7, 11) is 0. The minimum absolute atomic E-state index is 0.274. The molecule has 3 unspecified atom stereocenters. The topological polar surface area (TPSA) is 173 Å². The Morgan fingerprint density at radius 1 is 1.29 bits per heavy atom. The van der Waals surface area contributed by atoms with E-state index in [0.29, 0.717) is 0 Å². The second-order valence-corrected chi connectivity index (χ2v) is 6.76. The number of aliphatic hydroxyl groups is 4. The lowest BCUT2D eigenvalue weighted by atomic mass is 9.96. The molecule has 0 saturated carbocycles. The number of ether oxygens (including phenoxy) is 4. The molecule has 0 spiro atoms. The number of amides is 1. The Labute approximate surface area is 164 Å². The van der Waals surface area contributed by atoms with E-state index in [1.165, 1.54) is 13.8 Å². The standard InChI is InChI=1S/C17H34N2O9/c1-5-25-15-12(7-21)28-17(13(14(15)23)19-10(4)22)27-8(2)11(6-20)26-9(3)16(18)24/h8-9,11-17,20-21,23-24H,5-7,18H2,1-4H3,(H,19,22)/t8-,9-,11-,12?,13?,14+,15+,16?,17+/m0/s1. The molecule has 0 bridgehead atoms. The molecule has 1 heterocycles. The van der Waals surface area contributed by atoms with Crippen molar-refractivity contribution in [1.82, 2.24) is 5.32 Å². The fourth-order valence-corrected chi connectivity index (χ4v) is 2.93. The lowest BCUT2D eigenvalue weighted by Gasteiger charge is -2.45. The van der Waals surface area contributed by atoms with Crippen LogP contribution in [0.25, 0.3) is 0 Å². The van der Waals surface area contributed by atoms with Gasteiger partial charge in [-0.05, 0) is 20.8 Å². The van der Waals surface area contributed by atoms with Crippen molar-refractivity contribution in [2.45, 2.75) is 82.9 Å². The summed E-state index contributed by atoms with van der Waals surface area (Å²) in [5, 5.41) is 41.8. The zero-order chi connectivity index (χ0) is 21.4. The van der Waals surface area contributed by atoms with E-state index < -0.39 is 74.3 Å². The van der Waals surface area contributed by atoms with E-state index in [1.807, 2.05) is 0 Å².